The highest BCUT2D eigenvalue weighted by atomic mass is 16.3. The Kier molecular flexibility index (Phi) is 2.98. The van der Waals surface area contributed by atoms with E-state index in [1.54, 1.807) is 0 Å². The summed E-state index contributed by atoms with van der Waals surface area (Å²) in [5.74, 6) is 0.849. The number of hydrogen-bond donors (Lipinski definition) is 2. The summed E-state index contributed by atoms with van der Waals surface area (Å²) >= 11 is 0. The Morgan fingerprint density at radius 3 is 2.94 bits per heavy atom. The van der Waals surface area contributed by atoms with E-state index in [0.29, 0.717) is 0 Å². The summed E-state index contributed by atoms with van der Waals surface area (Å²) in [7, 11) is 0. The minimum atomic E-state index is 0.181. The van der Waals surface area contributed by atoms with Crippen molar-refractivity contribution in [2.45, 2.75) is 18.9 Å². The van der Waals surface area contributed by atoms with Gasteiger partial charge >= 0.3 is 0 Å². The SMILES string of the molecule is OCC1CCCN1c1ccc(-c2ccc[nH]2)nn1. The van der Waals surface area contributed by atoms with E-state index in [4.69, 9.17) is 0 Å². The van der Waals surface area contributed by atoms with E-state index in [1.807, 2.05) is 30.5 Å². The summed E-state index contributed by atoms with van der Waals surface area (Å²) in [6.07, 6.45) is 4.00. The quantitative estimate of drug-likeness (QED) is 0.857. The molecule has 3 rings (SSSR count). The molecule has 0 spiro atoms. The van der Waals surface area contributed by atoms with Gasteiger partial charge in [0.05, 0.1) is 18.3 Å². The van der Waals surface area contributed by atoms with E-state index < -0.39 is 0 Å². The molecular formula is C13H16N4O. The Morgan fingerprint density at radius 2 is 2.28 bits per heavy atom. The number of aromatic amines is 1. The number of aliphatic hydroxyl groups is 1. The van der Waals surface area contributed by atoms with Gasteiger partial charge in [0.2, 0.25) is 0 Å². The van der Waals surface area contributed by atoms with E-state index in [0.717, 1.165) is 36.6 Å². The topological polar surface area (TPSA) is 65.0 Å². The first-order valence-electron chi connectivity index (χ1n) is 6.23. The normalized spacial score (nSPS) is 19.4. The molecule has 0 aliphatic carbocycles. The maximum atomic E-state index is 9.31. The predicted molar refractivity (Wildman–Crippen MR) is 69.3 cm³/mol. The fraction of sp³-hybridized carbons (Fsp3) is 0.385. The van der Waals surface area contributed by atoms with Crippen LogP contribution in [-0.2, 0) is 0 Å². The molecule has 5 heteroatoms. The van der Waals surface area contributed by atoms with Crippen molar-refractivity contribution in [1.82, 2.24) is 15.2 Å². The van der Waals surface area contributed by atoms with Gasteiger partial charge in [0, 0.05) is 12.7 Å². The summed E-state index contributed by atoms with van der Waals surface area (Å²) < 4.78 is 0. The van der Waals surface area contributed by atoms with Crippen LogP contribution >= 0.6 is 0 Å². The van der Waals surface area contributed by atoms with E-state index >= 15 is 0 Å². The molecule has 3 heterocycles. The molecule has 1 atom stereocenters. The zero-order valence-corrected chi connectivity index (χ0v) is 10.1. The lowest BCUT2D eigenvalue weighted by Gasteiger charge is -2.23. The Labute approximate surface area is 105 Å². The molecule has 0 amide bonds. The summed E-state index contributed by atoms with van der Waals surface area (Å²) in [6.45, 7) is 1.13. The zero-order valence-electron chi connectivity index (χ0n) is 10.1. The highest BCUT2D eigenvalue weighted by Crippen LogP contribution is 2.24. The van der Waals surface area contributed by atoms with Gasteiger partial charge in [-0.1, -0.05) is 0 Å². The van der Waals surface area contributed by atoms with Crippen molar-refractivity contribution in [2.24, 2.45) is 0 Å². The molecular weight excluding hydrogens is 228 g/mol. The van der Waals surface area contributed by atoms with Crippen LogP contribution in [0.2, 0.25) is 0 Å². The lowest BCUT2D eigenvalue weighted by molar-refractivity contribution is 0.266. The van der Waals surface area contributed by atoms with Crippen LogP contribution < -0.4 is 4.90 Å². The van der Waals surface area contributed by atoms with Crippen LogP contribution in [0.3, 0.4) is 0 Å². The second-order valence-corrected chi connectivity index (χ2v) is 4.53. The monoisotopic (exact) mass is 244 g/mol. The second kappa shape index (κ2) is 4.78. The predicted octanol–water partition coefficient (Wildman–Crippen LogP) is 1.43. The fourth-order valence-corrected chi connectivity index (χ4v) is 2.44. The molecule has 5 nitrogen and oxygen atoms in total. The second-order valence-electron chi connectivity index (χ2n) is 4.53. The van der Waals surface area contributed by atoms with Crippen LogP contribution in [-0.4, -0.2) is 39.5 Å². The molecule has 0 aromatic carbocycles. The van der Waals surface area contributed by atoms with Crippen molar-refractivity contribution in [3.05, 3.63) is 30.5 Å². The van der Waals surface area contributed by atoms with Crippen molar-refractivity contribution in [3.8, 4) is 11.4 Å². The number of anilines is 1. The van der Waals surface area contributed by atoms with Crippen molar-refractivity contribution < 1.29 is 5.11 Å². The third-order valence-electron chi connectivity index (χ3n) is 3.41. The van der Waals surface area contributed by atoms with Gasteiger partial charge in [-0.2, -0.15) is 0 Å². The number of hydrogen-bond acceptors (Lipinski definition) is 4. The van der Waals surface area contributed by atoms with Gasteiger partial charge in [0.25, 0.3) is 0 Å². The lowest BCUT2D eigenvalue weighted by Crippen LogP contribution is -2.32. The Hall–Kier alpha value is -1.88. The standard InChI is InChI=1S/C13H16N4O/c18-9-10-3-2-8-17(10)13-6-5-12(15-16-13)11-4-1-7-14-11/h1,4-7,10,14,18H,2-3,8-9H2. The summed E-state index contributed by atoms with van der Waals surface area (Å²) in [6, 6.07) is 8.03. The molecule has 1 fully saturated rings. The van der Waals surface area contributed by atoms with Gasteiger partial charge in [-0.15, -0.1) is 10.2 Å². The molecule has 1 unspecified atom stereocenters. The van der Waals surface area contributed by atoms with Gasteiger partial charge in [0.15, 0.2) is 5.82 Å². The fourth-order valence-electron chi connectivity index (χ4n) is 2.44. The molecule has 0 radical (unpaired) electrons. The number of rotatable bonds is 3. The Bertz CT molecular complexity index is 494. The molecule has 94 valence electrons. The minimum Gasteiger partial charge on any atom is -0.394 e. The van der Waals surface area contributed by atoms with Crippen LogP contribution in [0.25, 0.3) is 11.4 Å². The van der Waals surface area contributed by atoms with E-state index in [-0.39, 0.29) is 12.6 Å². The van der Waals surface area contributed by atoms with Gasteiger partial charge < -0.3 is 15.0 Å². The van der Waals surface area contributed by atoms with Crippen LogP contribution in [0.5, 0.6) is 0 Å². The van der Waals surface area contributed by atoms with Crippen molar-refractivity contribution >= 4 is 5.82 Å². The van der Waals surface area contributed by atoms with Crippen molar-refractivity contribution in [1.29, 1.82) is 0 Å². The molecule has 2 aromatic rings. The number of nitrogens with one attached hydrogen (secondary N) is 1. The third-order valence-corrected chi connectivity index (χ3v) is 3.41. The maximum Gasteiger partial charge on any atom is 0.151 e. The minimum absolute atomic E-state index is 0.181. The molecule has 1 aliphatic heterocycles. The number of aromatic nitrogens is 3. The Morgan fingerprint density at radius 1 is 1.33 bits per heavy atom. The Balaban J connectivity index is 1.83. The van der Waals surface area contributed by atoms with Gasteiger partial charge in [-0.05, 0) is 37.1 Å². The average molecular weight is 244 g/mol. The van der Waals surface area contributed by atoms with Crippen molar-refractivity contribution in [2.75, 3.05) is 18.1 Å². The average Bonchev–Trinajstić information content (AvgIpc) is 3.10. The first-order chi connectivity index (χ1) is 8.88. The van der Waals surface area contributed by atoms with Gasteiger partial charge in [-0.3, -0.25) is 0 Å². The first kappa shape index (κ1) is 11.2. The summed E-state index contributed by atoms with van der Waals surface area (Å²) in [5, 5.41) is 17.8. The molecule has 1 aliphatic rings. The van der Waals surface area contributed by atoms with Crippen LogP contribution in [0.4, 0.5) is 5.82 Å². The van der Waals surface area contributed by atoms with Gasteiger partial charge in [-0.25, -0.2) is 0 Å². The van der Waals surface area contributed by atoms with Gasteiger partial charge in [0.1, 0.15) is 5.69 Å². The largest absolute Gasteiger partial charge is 0.394 e. The van der Waals surface area contributed by atoms with E-state index in [1.165, 1.54) is 0 Å². The third kappa shape index (κ3) is 1.97. The highest BCUT2D eigenvalue weighted by molar-refractivity contribution is 5.55. The molecule has 0 bridgehead atoms. The molecule has 2 N–H and O–H groups in total. The van der Waals surface area contributed by atoms with E-state index in [2.05, 4.69) is 20.1 Å². The first-order valence-corrected chi connectivity index (χ1v) is 6.23. The lowest BCUT2D eigenvalue weighted by atomic mass is 10.2. The number of H-pyrrole nitrogens is 1. The summed E-state index contributed by atoms with van der Waals surface area (Å²) in [5.41, 5.74) is 1.80. The van der Waals surface area contributed by atoms with Crippen molar-refractivity contribution in [3.63, 3.8) is 0 Å². The number of nitrogens with zero attached hydrogens (tertiary/aromatic N) is 3. The molecule has 1 saturated heterocycles. The molecule has 2 aromatic heterocycles. The van der Waals surface area contributed by atoms with Crippen LogP contribution in [0.1, 0.15) is 12.8 Å². The highest BCUT2D eigenvalue weighted by Gasteiger charge is 2.25. The number of aliphatic hydroxyl groups excluding tert-OH is 1. The zero-order chi connectivity index (χ0) is 12.4. The van der Waals surface area contributed by atoms with Crippen LogP contribution in [0, 0.1) is 0 Å². The van der Waals surface area contributed by atoms with E-state index in [9.17, 15) is 5.11 Å². The summed E-state index contributed by atoms with van der Waals surface area (Å²) in [4.78, 5) is 5.24. The molecule has 0 saturated carbocycles. The maximum absolute atomic E-state index is 9.31. The smallest absolute Gasteiger partial charge is 0.151 e. The molecule has 18 heavy (non-hydrogen) atoms. The van der Waals surface area contributed by atoms with Crippen LogP contribution in [0.15, 0.2) is 30.5 Å².